The van der Waals surface area contributed by atoms with Crippen LogP contribution in [0.3, 0.4) is 0 Å². The fraction of sp³-hybridized carbons (Fsp3) is 0.783. The minimum atomic E-state index is -3.59. The number of cyclic esters (lactones) is 1. The van der Waals surface area contributed by atoms with E-state index in [9.17, 15) is 32.4 Å². The van der Waals surface area contributed by atoms with Gasteiger partial charge in [0.25, 0.3) is 0 Å². The Labute approximate surface area is 210 Å². The number of hydrogen-bond acceptors (Lipinski definition) is 8. The standard InChI is InChI=1S/C23H34N4O8S/c1-13-9-17-23(32)35-14(2)10-19(28)25-6-4-5-16(25)22(31)26-7-8-36(33,34)12-18(26)20(29)24-15(3)21(30)27(17)11-13/h13-18H,4-12H2,1-3H3,(H,24,29)/t13-,14+,15+,16+,17+,18+/m1/s1. The second-order valence-electron chi connectivity index (χ2n) is 10.4. The minimum Gasteiger partial charge on any atom is -0.461 e. The van der Waals surface area contributed by atoms with Gasteiger partial charge >= 0.3 is 5.97 Å². The molecule has 0 bridgehead atoms. The van der Waals surface area contributed by atoms with Gasteiger partial charge in [-0.3, -0.25) is 19.2 Å². The van der Waals surface area contributed by atoms with E-state index in [1.54, 1.807) is 6.92 Å². The normalized spacial score (nSPS) is 36.2. The van der Waals surface area contributed by atoms with E-state index in [-0.39, 0.29) is 30.5 Å². The SMILES string of the molecule is C[C@@H]1C[C@H]2C(=O)O[C@@H](C)CC(=O)N3CCC[C@H]3C(=O)N3CCS(=O)(=O)C[C@H]3C(=O)N[C@@H](C)C(=O)N2C1. The van der Waals surface area contributed by atoms with Crippen molar-refractivity contribution in [2.45, 2.75) is 76.7 Å². The molecule has 4 aliphatic rings. The number of fused-ring (bicyclic) bond motifs is 3. The van der Waals surface area contributed by atoms with Crippen molar-refractivity contribution in [1.29, 1.82) is 0 Å². The van der Waals surface area contributed by atoms with Crippen LogP contribution < -0.4 is 5.32 Å². The van der Waals surface area contributed by atoms with Gasteiger partial charge in [0, 0.05) is 19.6 Å². The molecule has 0 aliphatic carbocycles. The molecule has 13 heteroatoms. The number of sulfone groups is 1. The quantitative estimate of drug-likeness (QED) is 0.382. The fourth-order valence-electron chi connectivity index (χ4n) is 5.62. The smallest absolute Gasteiger partial charge is 0.329 e. The van der Waals surface area contributed by atoms with Gasteiger partial charge in [0.15, 0.2) is 9.84 Å². The van der Waals surface area contributed by atoms with Crippen LogP contribution >= 0.6 is 0 Å². The second kappa shape index (κ2) is 9.98. The van der Waals surface area contributed by atoms with Gasteiger partial charge in [-0.1, -0.05) is 6.92 Å². The van der Waals surface area contributed by atoms with E-state index < -0.39 is 69.6 Å². The molecule has 4 heterocycles. The zero-order chi connectivity index (χ0) is 26.4. The van der Waals surface area contributed by atoms with Crippen molar-refractivity contribution in [1.82, 2.24) is 20.0 Å². The van der Waals surface area contributed by atoms with E-state index in [1.807, 2.05) is 6.92 Å². The van der Waals surface area contributed by atoms with E-state index in [1.165, 1.54) is 21.6 Å². The van der Waals surface area contributed by atoms with Gasteiger partial charge < -0.3 is 24.8 Å². The van der Waals surface area contributed by atoms with Crippen LogP contribution in [0.5, 0.6) is 0 Å². The van der Waals surface area contributed by atoms with Gasteiger partial charge in [-0.15, -0.1) is 0 Å². The first-order valence-corrected chi connectivity index (χ1v) is 14.3. The molecule has 12 nitrogen and oxygen atoms in total. The summed E-state index contributed by atoms with van der Waals surface area (Å²) in [7, 11) is -3.59. The number of ether oxygens (including phenoxy) is 1. The summed E-state index contributed by atoms with van der Waals surface area (Å²) in [6.45, 7) is 5.45. The lowest BCUT2D eigenvalue weighted by Crippen LogP contribution is -2.63. The molecular weight excluding hydrogens is 492 g/mol. The predicted octanol–water partition coefficient (Wildman–Crippen LogP) is -1.32. The molecule has 4 saturated heterocycles. The maximum Gasteiger partial charge on any atom is 0.329 e. The van der Waals surface area contributed by atoms with E-state index in [2.05, 4.69) is 5.32 Å². The summed E-state index contributed by atoms with van der Waals surface area (Å²) in [5.74, 6) is -3.52. The Kier molecular flexibility index (Phi) is 7.31. The Balaban J connectivity index is 1.68. The lowest BCUT2D eigenvalue weighted by molar-refractivity contribution is -0.160. The van der Waals surface area contributed by atoms with Crippen molar-refractivity contribution in [3.63, 3.8) is 0 Å². The van der Waals surface area contributed by atoms with Crippen LogP contribution in [-0.4, -0.2) is 114 Å². The van der Waals surface area contributed by atoms with Crippen molar-refractivity contribution in [2.75, 3.05) is 31.1 Å². The highest BCUT2D eigenvalue weighted by atomic mass is 32.2. The molecule has 4 amide bonds. The Bertz CT molecular complexity index is 1060. The lowest BCUT2D eigenvalue weighted by atomic mass is 10.1. The Morgan fingerprint density at radius 1 is 0.889 bits per heavy atom. The molecule has 1 N–H and O–H groups in total. The van der Waals surface area contributed by atoms with Gasteiger partial charge in [0.1, 0.15) is 30.3 Å². The highest BCUT2D eigenvalue weighted by Crippen LogP contribution is 2.27. The summed E-state index contributed by atoms with van der Waals surface area (Å²) in [6, 6.07) is -4.02. The van der Waals surface area contributed by atoms with Crippen LogP contribution in [0.2, 0.25) is 0 Å². The largest absolute Gasteiger partial charge is 0.461 e. The molecule has 200 valence electrons. The van der Waals surface area contributed by atoms with Crippen molar-refractivity contribution in [2.24, 2.45) is 5.92 Å². The number of carbonyl (C=O) groups is 5. The van der Waals surface area contributed by atoms with Crippen LogP contribution in [-0.2, 0) is 38.5 Å². The van der Waals surface area contributed by atoms with E-state index in [4.69, 9.17) is 4.74 Å². The van der Waals surface area contributed by atoms with E-state index in [0.29, 0.717) is 32.4 Å². The maximum absolute atomic E-state index is 13.5. The molecule has 4 aliphatic heterocycles. The first-order valence-electron chi connectivity index (χ1n) is 12.5. The number of carbonyl (C=O) groups excluding carboxylic acids is 5. The summed E-state index contributed by atoms with van der Waals surface area (Å²) in [5.41, 5.74) is 0. The molecule has 0 radical (unpaired) electrons. The van der Waals surface area contributed by atoms with Gasteiger partial charge in [-0.05, 0) is 39.0 Å². The number of amides is 4. The first kappa shape index (κ1) is 26.4. The Morgan fingerprint density at radius 2 is 1.61 bits per heavy atom. The van der Waals surface area contributed by atoms with Crippen LogP contribution in [0, 0.1) is 5.92 Å². The molecule has 4 fully saturated rings. The molecule has 36 heavy (non-hydrogen) atoms. The first-order chi connectivity index (χ1) is 16.9. The summed E-state index contributed by atoms with van der Waals surface area (Å²) in [5, 5.41) is 2.57. The fourth-order valence-corrected chi connectivity index (χ4v) is 7.07. The van der Waals surface area contributed by atoms with Crippen molar-refractivity contribution >= 4 is 39.4 Å². The third kappa shape index (κ3) is 5.21. The Hall–Kier alpha value is -2.70. The molecule has 0 spiro atoms. The number of nitrogens with zero attached hydrogens (tertiary/aromatic N) is 3. The Morgan fingerprint density at radius 3 is 2.33 bits per heavy atom. The van der Waals surface area contributed by atoms with Crippen LogP contribution in [0.1, 0.15) is 46.5 Å². The number of nitrogens with one attached hydrogen (secondary N) is 1. The summed E-state index contributed by atoms with van der Waals surface area (Å²) < 4.78 is 30.3. The summed E-state index contributed by atoms with van der Waals surface area (Å²) >= 11 is 0. The van der Waals surface area contributed by atoms with E-state index >= 15 is 0 Å². The van der Waals surface area contributed by atoms with Gasteiger partial charge in [0.05, 0.1) is 17.9 Å². The van der Waals surface area contributed by atoms with Crippen molar-refractivity contribution in [3.8, 4) is 0 Å². The molecule has 0 unspecified atom stereocenters. The number of esters is 1. The molecule has 0 aromatic rings. The topological polar surface area (TPSA) is 150 Å². The summed E-state index contributed by atoms with van der Waals surface area (Å²) in [4.78, 5) is 70.1. The van der Waals surface area contributed by atoms with Gasteiger partial charge in [0.2, 0.25) is 23.6 Å². The third-order valence-electron chi connectivity index (χ3n) is 7.45. The van der Waals surface area contributed by atoms with Gasteiger partial charge in [-0.2, -0.15) is 0 Å². The average Bonchev–Trinajstić information content (AvgIpc) is 3.43. The highest BCUT2D eigenvalue weighted by molar-refractivity contribution is 7.91. The number of hydrogen-bond donors (Lipinski definition) is 1. The van der Waals surface area contributed by atoms with Crippen molar-refractivity contribution < 1.29 is 37.1 Å². The summed E-state index contributed by atoms with van der Waals surface area (Å²) in [6.07, 6.45) is 0.482. The second-order valence-corrected chi connectivity index (χ2v) is 12.7. The molecule has 6 atom stereocenters. The minimum absolute atomic E-state index is 0.0235. The highest BCUT2D eigenvalue weighted by Gasteiger charge is 2.46. The maximum atomic E-state index is 13.5. The zero-order valence-electron chi connectivity index (χ0n) is 20.8. The predicted molar refractivity (Wildman–Crippen MR) is 126 cm³/mol. The van der Waals surface area contributed by atoms with Crippen LogP contribution in [0.25, 0.3) is 0 Å². The van der Waals surface area contributed by atoms with E-state index in [0.717, 1.165) is 0 Å². The van der Waals surface area contributed by atoms with Gasteiger partial charge in [-0.25, -0.2) is 13.2 Å². The van der Waals surface area contributed by atoms with Crippen LogP contribution in [0.15, 0.2) is 0 Å². The van der Waals surface area contributed by atoms with Crippen molar-refractivity contribution in [3.05, 3.63) is 0 Å². The third-order valence-corrected chi connectivity index (χ3v) is 9.08. The zero-order valence-corrected chi connectivity index (χ0v) is 21.7. The molecule has 4 rings (SSSR count). The lowest BCUT2D eigenvalue weighted by Gasteiger charge is -2.38. The molecule has 0 aromatic carbocycles. The molecule has 0 aromatic heterocycles. The van der Waals surface area contributed by atoms with Crippen LogP contribution in [0.4, 0.5) is 0 Å². The molecule has 0 saturated carbocycles. The number of rotatable bonds is 0. The monoisotopic (exact) mass is 526 g/mol. The average molecular weight is 527 g/mol. The molecular formula is C23H34N4O8S.